The monoisotopic (exact) mass is 291 g/mol. The molecular formula is C16H25N3S. The van der Waals surface area contributed by atoms with Crippen LogP contribution in [0, 0.1) is 5.92 Å². The number of thiophene rings is 1. The lowest BCUT2D eigenvalue weighted by atomic mass is 10.0. The second-order valence-electron chi connectivity index (χ2n) is 5.41. The topological polar surface area (TPSA) is 29.9 Å². The standard InChI is InChI=1S/C16H25N3S/c1-5-13-10-14(19(6-2)18-13)11-17-16(12(3)4)15-8-7-9-20-15/h7-10,12,16-17H,5-6,11H2,1-4H3. The molecule has 0 fully saturated rings. The average Bonchev–Trinajstić information content (AvgIpc) is 3.07. The van der Waals surface area contributed by atoms with E-state index in [2.05, 4.69) is 66.4 Å². The van der Waals surface area contributed by atoms with Gasteiger partial charge in [0, 0.05) is 24.0 Å². The molecule has 2 aromatic rings. The van der Waals surface area contributed by atoms with Crippen molar-refractivity contribution >= 4 is 11.3 Å². The van der Waals surface area contributed by atoms with Crippen molar-refractivity contribution in [2.24, 2.45) is 5.92 Å². The largest absolute Gasteiger partial charge is 0.303 e. The van der Waals surface area contributed by atoms with E-state index in [9.17, 15) is 0 Å². The third-order valence-corrected chi connectivity index (χ3v) is 4.55. The van der Waals surface area contributed by atoms with Gasteiger partial charge in [-0.05, 0) is 36.8 Å². The van der Waals surface area contributed by atoms with E-state index in [0.717, 1.165) is 19.5 Å². The number of aromatic nitrogens is 2. The second kappa shape index (κ2) is 7.04. The van der Waals surface area contributed by atoms with Crippen molar-refractivity contribution < 1.29 is 0 Å². The first-order valence-electron chi connectivity index (χ1n) is 7.48. The molecule has 20 heavy (non-hydrogen) atoms. The molecule has 2 aromatic heterocycles. The van der Waals surface area contributed by atoms with E-state index in [1.54, 1.807) is 0 Å². The zero-order valence-electron chi connectivity index (χ0n) is 12.9. The first-order valence-corrected chi connectivity index (χ1v) is 8.36. The Hall–Kier alpha value is -1.13. The highest BCUT2D eigenvalue weighted by atomic mass is 32.1. The van der Waals surface area contributed by atoms with Gasteiger partial charge in [0.05, 0.1) is 11.4 Å². The van der Waals surface area contributed by atoms with Crippen LogP contribution in [0.3, 0.4) is 0 Å². The predicted octanol–water partition coefficient (Wildman–Crippen LogP) is 4.01. The minimum Gasteiger partial charge on any atom is -0.303 e. The molecule has 1 unspecified atom stereocenters. The molecule has 0 radical (unpaired) electrons. The fourth-order valence-corrected chi connectivity index (χ4v) is 3.42. The van der Waals surface area contributed by atoms with Crippen LogP contribution >= 0.6 is 11.3 Å². The van der Waals surface area contributed by atoms with Crippen LogP contribution in [0.1, 0.15) is 50.0 Å². The summed E-state index contributed by atoms with van der Waals surface area (Å²) in [7, 11) is 0. The lowest BCUT2D eigenvalue weighted by molar-refractivity contribution is 0.408. The van der Waals surface area contributed by atoms with Crippen molar-refractivity contribution in [1.82, 2.24) is 15.1 Å². The van der Waals surface area contributed by atoms with Gasteiger partial charge in [0.2, 0.25) is 0 Å². The van der Waals surface area contributed by atoms with Gasteiger partial charge in [-0.2, -0.15) is 5.10 Å². The number of hydrogen-bond donors (Lipinski definition) is 1. The Bertz CT molecular complexity index is 514. The minimum absolute atomic E-state index is 0.417. The Balaban J connectivity index is 2.08. The molecule has 0 aliphatic heterocycles. The van der Waals surface area contributed by atoms with Crippen LogP contribution in [0.15, 0.2) is 23.6 Å². The predicted molar refractivity (Wildman–Crippen MR) is 86.0 cm³/mol. The van der Waals surface area contributed by atoms with Gasteiger partial charge in [-0.25, -0.2) is 0 Å². The highest BCUT2D eigenvalue weighted by Crippen LogP contribution is 2.26. The van der Waals surface area contributed by atoms with Gasteiger partial charge in [-0.1, -0.05) is 26.8 Å². The zero-order chi connectivity index (χ0) is 14.5. The number of hydrogen-bond acceptors (Lipinski definition) is 3. The normalized spacial score (nSPS) is 13.1. The summed E-state index contributed by atoms with van der Waals surface area (Å²) < 4.78 is 2.11. The summed E-state index contributed by atoms with van der Waals surface area (Å²) in [6.45, 7) is 10.7. The van der Waals surface area contributed by atoms with Crippen LogP contribution in [0.4, 0.5) is 0 Å². The maximum Gasteiger partial charge on any atom is 0.0625 e. The zero-order valence-corrected chi connectivity index (χ0v) is 13.7. The van der Waals surface area contributed by atoms with Gasteiger partial charge in [0.15, 0.2) is 0 Å². The summed E-state index contributed by atoms with van der Waals surface area (Å²) in [6, 6.07) is 6.99. The Labute approximate surface area is 126 Å². The first kappa shape index (κ1) is 15.3. The molecule has 0 saturated heterocycles. The SMILES string of the molecule is CCc1cc(CNC(c2cccs2)C(C)C)n(CC)n1. The van der Waals surface area contributed by atoms with Gasteiger partial charge in [-0.15, -0.1) is 11.3 Å². The van der Waals surface area contributed by atoms with E-state index >= 15 is 0 Å². The molecule has 0 amide bonds. The van der Waals surface area contributed by atoms with Crippen molar-refractivity contribution in [3.8, 4) is 0 Å². The van der Waals surface area contributed by atoms with Gasteiger partial charge < -0.3 is 5.32 Å². The molecule has 1 N–H and O–H groups in total. The van der Waals surface area contributed by atoms with Crippen molar-refractivity contribution in [2.75, 3.05) is 0 Å². The maximum atomic E-state index is 4.61. The van der Waals surface area contributed by atoms with Gasteiger partial charge in [-0.3, -0.25) is 4.68 Å². The van der Waals surface area contributed by atoms with E-state index in [4.69, 9.17) is 0 Å². The van der Waals surface area contributed by atoms with Crippen LogP contribution in [-0.2, 0) is 19.5 Å². The fraction of sp³-hybridized carbons (Fsp3) is 0.562. The summed E-state index contributed by atoms with van der Waals surface area (Å²) in [5, 5.41) is 10.5. The Kier molecular flexibility index (Phi) is 5.38. The molecule has 0 bridgehead atoms. The fourth-order valence-electron chi connectivity index (χ4n) is 2.45. The molecule has 0 aliphatic rings. The number of aryl methyl sites for hydroxylation is 2. The minimum atomic E-state index is 0.417. The molecule has 110 valence electrons. The number of nitrogens with zero attached hydrogens (tertiary/aromatic N) is 2. The summed E-state index contributed by atoms with van der Waals surface area (Å²) in [4.78, 5) is 1.42. The average molecular weight is 291 g/mol. The molecule has 3 nitrogen and oxygen atoms in total. The molecule has 0 aromatic carbocycles. The first-order chi connectivity index (χ1) is 9.65. The molecule has 0 aliphatic carbocycles. The summed E-state index contributed by atoms with van der Waals surface area (Å²) >= 11 is 1.83. The van der Waals surface area contributed by atoms with Gasteiger partial charge >= 0.3 is 0 Å². The Morgan fingerprint density at radius 2 is 2.15 bits per heavy atom. The van der Waals surface area contributed by atoms with Crippen LogP contribution in [-0.4, -0.2) is 9.78 Å². The summed E-state index contributed by atoms with van der Waals surface area (Å²) in [5.41, 5.74) is 2.47. The third kappa shape index (κ3) is 3.49. The lowest BCUT2D eigenvalue weighted by Gasteiger charge is -2.21. The molecule has 0 saturated carbocycles. The second-order valence-corrected chi connectivity index (χ2v) is 6.39. The van der Waals surface area contributed by atoms with Gasteiger partial charge in [0.1, 0.15) is 0 Å². The van der Waals surface area contributed by atoms with Crippen molar-refractivity contribution in [3.05, 3.63) is 39.8 Å². The van der Waals surface area contributed by atoms with E-state index in [0.29, 0.717) is 12.0 Å². The van der Waals surface area contributed by atoms with Crippen molar-refractivity contribution in [2.45, 2.75) is 53.2 Å². The molecular weight excluding hydrogens is 266 g/mol. The highest BCUT2D eigenvalue weighted by Gasteiger charge is 2.17. The smallest absolute Gasteiger partial charge is 0.0625 e. The summed E-state index contributed by atoms with van der Waals surface area (Å²) in [5.74, 6) is 0.581. The van der Waals surface area contributed by atoms with Gasteiger partial charge in [0.25, 0.3) is 0 Å². The molecule has 1 atom stereocenters. The molecule has 0 spiro atoms. The maximum absolute atomic E-state index is 4.61. The van der Waals surface area contributed by atoms with Crippen LogP contribution < -0.4 is 5.32 Å². The molecule has 2 heterocycles. The Morgan fingerprint density at radius 1 is 1.35 bits per heavy atom. The van der Waals surface area contributed by atoms with Crippen LogP contribution in [0.2, 0.25) is 0 Å². The quantitative estimate of drug-likeness (QED) is 0.835. The van der Waals surface area contributed by atoms with Crippen LogP contribution in [0.25, 0.3) is 0 Å². The van der Waals surface area contributed by atoms with Crippen molar-refractivity contribution in [3.63, 3.8) is 0 Å². The van der Waals surface area contributed by atoms with E-state index < -0.39 is 0 Å². The van der Waals surface area contributed by atoms with Crippen molar-refractivity contribution in [1.29, 1.82) is 0 Å². The van der Waals surface area contributed by atoms with E-state index in [1.807, 2.05) is 11.3 Å². The van der Waals surface area contributed by atoms with E-state index in [-0.39, 0.29) is 0 Å². The summed E-state index contributed by atoms with van der Waals surface area (Å²) in [6.07, 6.45) is 0.999. The van der Waals surface area contributed by atoms with E-state index in [1.165, 1.54) is 16.3 Å². The van der Waals surface area contributed by atoms with Crippen LogP contribution in [0.5, 0.6) is 0 Å². The number of rotatable bonds is 7. The third-order valence-electron chi connectivity index (χ3n) is 3.60. The highest BCUT2D eigenvalue weighted by molar-refractivity contribution is 7.10. The number of nitrogens with one attached hydrogen (secondary N) is 1. The molecule has 4 heteroatoms. The molecule has 2 rings (SSSR count). The lowest BCUT2D eigenvalue weighted by Crippen LogP contribution is -2.25. The Morgan fingerprint density at radius 3 is 2.70 bits per heavy atom.